The van der Waals surface area contributed by atoms with Gasteiger partial charge in [-0.1, -0.05) is 66.7 Å². The predicted octanol–water partition coefficient (Wildman–Crippen LogP) is 4.73. The highest BCUT2D eigenvalue weighted by molar-refractivity contribution is 5.97. The summed E-state index contributed by atoms with van der Waals surface area (Å²) in [6.45, 7) is 3.66. The van der Waals surface area contributed by atoms with E-state index in [0.29, 0.717) is 0 Å². The third-order valence-electron chi connectivity index (χ3n) is 3.67. The Bertz CT molecular complexity index is 746. The molecule has 0 fully saturated rings. The van der Waals surface area contributed by atoms with Crippen molar-refractivity contribution in [3.63, 3.8) is 0 Å². The molecule has 0 saturated carbocycles. The largest absolute Gasteiger partial charge is 0.386 e. The van der Waals surface area contributed by atoms with Gasteiger partial charge in [-0.3, -0.25) is 0 Å². The highest BCUT2D eigenvalue weighted by Crippen LogP contribution is 2.35. The Labute approximate surface area is 119 Å². The molecule has 0 saturated heterocycles. The lowest BCUT2D eigenvalue weighted by molar-refractivity contribution is 0.0792. The molecule has 0 atom stereocenters. The summed E-state index contributed by atoms with van der Waals surface area (Å²) in [7, 11) is 0. The van der Waals surface area contributed by atoms with Gasteiger partial charge >= 0.3 is 0 Å². The van der Waals surface area contributed by atoms with E-state index in [0.717, 1.165) is 11.1 Å². The lowest BCUT2D eigenvalue weighted by atomic mass is 9.88. The van der Waals surface area contributed by atoms with Crippen LogP contribution in [0.2, 0.25) is 0 Å². The van der Waals surface area contributed by atoms with Crippen LogP contribution in [0.5, 0.6) is 0 Å². The number of aliphatic hydroxyl groups is 1. The second-order valence-corrected chi connectivity index (χ2v) is 5.63. The van der Waals surface area contributed by atoms with Crippen LogP contribution in [0.1, 0.15) is 19.4 Å². The van der Waals surface area contributed by atoms with E-state index in [2.05, 4.69) is 42.5 Å². The Morgan fingerprint density at radius 3 is 2.10 bits per heavy atom. The number of benzene rings is 3. The monoisotopic (exact) mass is 262 g/mol. The molecule has 3 aromatic carbocycles. The van der Waals surface area contributed by atoms with Crippen LogP contribution >= 0.6 is 0 Å². The topological polar surface area (TPSA) is 20.2 Å². The average molecular weight is 262 g/mol. The average Bonchev–Trinajstić information content (AvgIpc) is 2.46. The molecule has 1 N–H and O–H groups in total. The standard InChI is InChI=1S/C19H18O/c1-19(2,20)18-13-6-5-11-17(18)16-12-7-9-14-8-3-4-10-15(14)16/h3-13,20H,1-2H3. The van der Waals surface area contributed by atoms with E-state index >= 15 is 0 Å². The van der Waals surface area contributed by atoms with Crippen molar-refractivity contribution in [3.8, 4) is 11.1 Å². The highest BCUT2D eigenvalue weighted by Gasteiger charge is 2.20. The van der Waals surface area contributed by atoms with Gasteiger partial charge in [0.2, 0.25) is 0 Å². The molecule has 0 aromatic heterocycles. The summed E-state index contributed by atoms with van der Waals surface area (Å²) in [4.78, 5) is 0. The summed E-state index contributed by atoms with van der Waals surface area (Å²) in [6, 6.07) is 22.7. The smallest absolute Gasteiger partial charge is 0.0846 e. The van der Waals surface area contributed by atoms with Crippen LogP contribution in [0, 0.1) is 0 Å². The zero-order chi connectivity index (χ0) is 14.2. The zero-order valence-electron chi connectivity index (χ0n) is 11.8. The van der Waals surface area contributed by atoms with Crippen molar-refractivity contribution in [2.75, 3.05) is 0 Å². The minimum atomic E-state index is -0.854. The molecule has 1 nitrogen and oxygen atoms in total. The van der Waals surface area contributed by atoms with Crippen LogP contribution < -0.4 is 0 Å². The van der Waals surface area contributed by atoms with Gasteiger partial charge in [-0.25, -0.2) is 0 Å². The second-order valence-electron chi connectivity index (χ2n) is 5.63. The molecular formula is C19H18O. The van der Waals surface area contributed by atoms with E-state index in [9.17, 15) is 5.11 Å². The van der Waals surface area contributed by atoms with Gasteiger partial charge in [0.05, 0.1) is 5.60 Å². The number of hydrogen-bond donors (Lipinski definition) is 1. The van der Waals surface area contributed by atoms with E-state index in [1.165, 1.54) is 16.3 Å². The minimum Gasteiger partial charge on any atom is -0.386 e. The third-order valence-corrected chi connectivity index (χ3v) is 3.67. The van der Waals surface area contributed by atoms with Crippen molar-refractivity contribution in [2.24, 2.45) is 0 Å². The molecule has 0 radical (unpaired) electrons. The van der Waals surface area contributed by atoms with Gasteiger partial charge < -0.3 is 5.11 Å². The van der Waals surface area contributed by atoms with Gasteiger partial charge in [0.1, 0.15) is 0 Å². The molecule has 3 aromatic rings. The molecule has 3 rings (SSSR count). The van der Waals surface area contributed by atoms with Crippen molar-refractivity contribution >= 4 is 10.8 Å². The Morgan fingerprint density at radius 1 is 0.700 bits per heavy atom. The van der Waals surface area contributed by atoms with Crippen LogP contribution in [-0.2, 0) is 5.60 Å². The Balaban J connectivity index is 2.32. The van der Waals surface area contributed by atoms with Gasteiger partial charge in [-0.05, 0) is 41.3 Å². The minimum absolute atomic E-state index is 0.854. The maximum Gasteiger partial charge on any atom is 0.0846 e. The highest BCUT2D eigenvalue weighted by atomic mass is 16.3. The SMILES string of the molecule is CC(C)(O)c1ccccc1-c1cccc2ccccc12. The van der Waals surface area contributed by atoms with Gasteiger partial charge in [-0.2, -0.15) is 0 Å². The molecule has 0 unspecified atom stereocenters. The molecule has 1 heteroatoms. The molecule has 0 bridgehead atoms. The quantitative estimate of drug-likeness (QED) is 0.707. The molecule has 0 aliphatic heterocycles. The van der Waals surface area contributed by atoms with E-state index in [4.69, 9.17) is 0 Å². The predicted molar refractivity (Wildman–Crippen MR) is 84.6 cm³/mol. The molecule has 0 amide bonds. The molecule has 20 heavy (non-hydrogen) atoms. The van der Waals surface area contributed by atoms with Crippen LogP contribution in [0.25, 0.3) is 21.9 Å². The second kappa shape index (κ2) is 4.77. The Kier molecular flexibility index (Phi) is 3.07. The van der Waals surface area contributed by atoms with Crippen LogP contribution in [-0.4, -0.2) is 5.11 Å². The normalized spacial score (nSPS) is 11.8. The van der Waals surface area contributed by atoms with Gasteiger partial charge in [0, 0.05) is 0 Å². The first kappa shape index (κ1) is 12.9. The Hall–Kier alpha value is -2.12. The number of fused-ring (bicyclic) bond motifs is 1. The fourth-order valence-corrected chi connectivity index (χ4v) is 2.71. The lowest BCUT2D eigenvalue weighted by Gasteiger charge is -2.22. The maximum absolute atomic E-state index is 10.4. The van der Waals surface area contributed by atoms with Crippen LogP contribution in [0.15, 0.2) is 66.7 Å². The summed E-state index contributed by atoms with van der Waals surface area (Å²) in [5.41, 5.74) is 2.36. The Morgan fingerprint density at radius 2 is 1.30 bits per heavy atom. The molecule has 0 spiro atoms. The summed E-state index contributed by atoms with van der Waals surface area (Å²) in [6.07, 6.45) is 0. The molecule has 100 valence electrons. The fraction of sp³-hybridized carbons (Fsp3) is 0.158. The van der Waals surface area contributed by atoms with E-state index < -0.39 is 5.60 Å². The van der Waals surface area contributed by atoms with Crippen molar-refractivity contribution in [1.29, 1.82) is 0 Å². The molecular weight excluding hydrogens is 244 g/mol. The number of hydrogen-bond acceptors (Lipinski definition) is 1. The molecule has 0 heterocycles. The first-order valence-electron chi connectivity index (χ1n) is 6.87. The fourth-order valence-electron chi connectivity index (χ4n) is 2.71. The number of rotatable bonds is 2. The lowest BCUT2D eigenvalue weighted by Crippen LogP contribution is -2.16. The van der Waals surface area contributed by atoms with Crippen molar-refractivity contribution in [2.45, 2.75) is 19.4 Å². The summed E-state index contributed by atoms with van der Waals surface area (Å²) >= 11 is 0. The van der Waals surface area contributed by atoms with Crippen molar-refractivity contribution in [1.82, 2.24) is 0 Å². The van der Waals surface area contributed by atoms with Crippen LogP contribution in [0.3, 0.4) is 0 Å². The van der Waals surface area contributed by atoms with Gasteiger partial charge in [-0.15, -0.1) is 0 Å². The first-order chi connectivity index (χ1) is 9.57. The zero-order valence-corrected chi connectivity index (χ0v) is 11.8. The maximum atomic E-state index is 10.4. The summed E-state index contributed by atoms with van der Waals surface area (Å²) < 4.78 is 0. The van der Waals surface area contributed by atoms with E-state index in [1.807, 2.05) is 38.1 Å². The van der Waals surface area contributed by atoms with E-state index in [1.54, 1.807) is 0 Å². The van der Waals surface area contributed by atoms with Gasteiger partial charge in [0.15, 0.2) is 0 Å². The third kappa shape index (κ3) is 2.21. The van der Waals surface area contributed by atoms with Crippen molar-refractivity contribution < 1.29 is 5.11 Å². The van der Waals surface area contributed by atoms with Crippen molar-refractivity contribution in [3.05, 3.63) is 72.3 Å². The summed E-state index contributed by atoms with van der Waals surface area (Å²) in [5.74, 6) is 0. The first-order valence-corrected chi connectivity index (χ1v) is 6.87. The van der Waals surface area contributed by atoms with Crippen LogP contribution in [0.4, 0.5) is 0 Å². The molecule has 0 aliphatic rings. The van der Waals surface area contributed by atoms with Gasteiger partial charge in [0.25, 0.3) is 0 Å². The van der Waals surface area contributed by atoms with E-state index in [-0.39, 0.29) is 0 Å². The molecule has 0 aliphatic carbocycles. The summed E-state index contributed by atoms with van der Waals surface area (Å²) in [5, 5.41) is 12.8.